The van der Waals surface area contributed by atoms with E-state index < -0.39 is 10.0 Å². The molecule has 1 aromatic rings. The molecule has 1 aromatic carbocycles. The number of rotatable bonds is 5. The molecule has 1 aliphatic rings. The molecule has 0 saturated carbocycles. The van der Waals surface area contributed by atoms with Crippen molar-refractivity contribution in [3.63, 3.8) is 0 Å². The quantitative estimate of drug-likeness (QED) is 0.840. The van der Waals surface area contributed by atoms with E-state index in [1.54, 1.807) is 28.6 Å². The van der Waals surface area contributed by atoms with Gasteiger partial charge < -0.3 is 0 Å². The van der Waals surface area contributed by atoms with E-state index in [9.17, 15) is 8.42 Å². The summed E-state index contributed by atoms with van der Waals surface area (Å²) >= 11 is 0. The zero-order valence-electron chi connectivity index (χ0n) is 12.7. The number of sulfonamides is 1. The fraction of sp³-hybridized carbons (Fsp3) is 0.562. The van der Waals surface area contributed by atoms with Gasteiger partial charge in [0.2, 0.25) is 10.0 Å². The Morgan fingerprint density at radius 2 is 1.86 bits per heavy atom. The van der Waals surface area contributed by atoms with Gasteiger partial charge in [0.25, 0.3) is 0 Å². The summed E-state index contributed by atoms with van der Waals surface area (Å²) in [6.45, 7) is 5.48. The van der Waals surface area contributed by atoms with Gasteiger partial charge in [0.1, 0.15) is 0 Å². The Bertz CT molecular complexity index is 625. The van der Waals surface area contributed by atoms with Crippen LogP contribution < -0.4 is 0 Å². The van der Waals surface area contributed by atoms with Crippen molar-refractivity contribution in [3.05, 3.63) is 29.8 Å². The lowest BCUT2D eigenvalue weighted by atomic mass is 9.82. The van der Waals surface area contributed by atoms with Gasteiger partial charge in [-0.3, -0.25) is 0 Å². The third kappa shape index (κ3) is 3.12. The van der Waals surface area contributed by atoms with Crippen LogP contribution >= 0.6 is 0 Å². The van der Waals surface area contributed by atoms with E-state index in [1.807, 2.05) is 0 Å². The number of nitrogens with zero attached hydrogens (tertiary/aromatic N) is 2. The average molecular weight is 306 g/mol. The van der Waals surface area contributed by atoms with Crippen molar-refractivity contribution in [3.8, 4) is 6.07 Å². The fourth-order valence-electron chi connectivity index (χ4n) is 2.95. The number of benzene rings is 1. The second-order valence-electron chi connectivity index (χ2n) is 5.77. The maximum Gasteiger partial charge on any atom is 0.243 e. The molecule has 114 valence electrons. The van der Waals surface area contributed by atoms with Gasteiger partial charge in [-0.15, -0.1) is 0 Å². The summed E-state index contributed by atoms with van der Waals surface area (Å²) in [6.07, 6.45) is 3.26. The van der Waals surface area contributed by atoms with Gasteiger partial charge in [-0.2, -0.15) is 9.57 Å². The summed E-state index contributed by atoms with van der Waals surface area (Å²) in [7, 11) is -3.41. The van der Waals surface area contributed by atoms with Gasteiger partial charge >= 0.3 is 0 Å². The largest absolute Gasteiger partial charge is 0.243 e. The van der Waals surface area contributed by atoms with Gasteiger partial charge in [0, 0.05) is 13.1 Å². The Kier molecular flexibility index (Phi) is 4.70. The number of hydrogen-bond acceptors (Lipinski definition) is 3. The molecular formula is C16H22N2O2S. The Balaban J connectivity index is 2.21. The predicted molar refractivity (Wildman–Crippen MR) is 82.1 cm³/mol. The first kappa shape index (κ1) is 16.0. The molecule has 1 heterocycles. The molecule has 5 heteroatoms. The zero-order valence-corrected chi connectivity index (χ0v) is 13.5. The van der Waals surface area contributed by atoms with Crippen LogP contribution in [0.1, 0.15) is 38.7 Å². The Hall–Kier alpha value is -1.38. The summed E-state index contributed by atoms with van der Waals surface area (Å²) in [5.74, 6) is 0. The normalized spacial score (nSPS) is 18.5. The second-order valence-corrected chi connectivity index (χ2v) is 7.71. The molecule has 0 unspecified atom stereocenters. The van der Waals surface area contributed by atoms with Gasteiger partial charge in [0.05, 0.1) is 17.4 Å². The summed E-state index contributed by atoms with van der Waals surface area (Å²) < 4.78 is 27.0. The lowest BCUT2D eigenvalue weighted by Crippen LogP contribution is -2.31. The van der Waals surface area contributed by atoms with Gasteiger partial charge in [0.15, 0.2) is 0 Å². The lowest BCUT2D eigenvalue weighted by Gasteiger charge is -2.26. The number of hydrogen-bond donors (Lipinski definition) is 0. The van der Waals surface area contributed by atoms with E-state index in [4.69, 9.17) is 5.26 Å². The standard InChI is InChI=1S/C16H22N2O2S/c1-3-16(4-2)10-12-18(13-16)21(19,20)15-7-5-14(6-8-15)9-11-17/h5-8H,3-4,9-10,12-13H2,1-2H3. The summed E-state index contributed by atoms with van der Waals surface area (Å²) in [5.41, 5.74) is 0.975. The third-order valence-electron chi connectivity index (χ3n) is 4.75. The maximum absolute atomic E-state index is 12.7. The highest BCUT2D eigenvalue weighted by Gasteiger charge is 2.40. The van der Waals surface area contributed by atoms with Crippen molar-refractivity contribution < 1.29 is 8.42 Å². The molecule has 1 saturated heterocycles. The van der Waals surface area contributed by atoms with E-state index in [-0.39, 0.29) is 5.41 Å². The summed E-state index contributed by atoms with van der Waals surface area (Å²) in [4.78, 5) is 0.326. The smallest absolute Gasteiger partial charge is 0.207 e. The van der Waals surface area contributed by atoms with E-state index in [0.717, 1.165) is 24.8 Å². The van der Waals surface area contributed by atoms with Crippen molar-refractivity contribution in [2.45, 2.75) is 44.4 Å². The van der Waals surface area contributed by atoms with Crippen LogP contribution in [0, 0.1) is 16.7 Å². The number of nitriles is 1. The summed E-state index contributed by atoms with van der Waals surface area (Å²) in [6, 6.07) is 8.73. The van der Waals surface area contributed by atoms with Crippen LogP contribution in [0.2, 0.25) is 0 Å². The molecule has 21 heavy (non-hydrogen) atoms. The van der Waals surface area contributed by atoms with Crippen molar-refractivity contribution in [2.75, 3.05) is 13.1 Å². The predicted octanol–water partition coefficient (Wildman–Crippen LogP) is 2.95. The Labute approximate surface area is 127 Å². The molecule has 0 radical (unpaired) electrons. The van der Waals surface area contributed by atoms with Crippen molar-refractivity contribution in [2.24, 2.45) is 5.41 Å². The van der Waals surface area contributed by atoms with Crippen molar-refractivity contribution in [1.82, 2.24) is 4.31 Å². The minimum absolute atomic E-state index is 0.133. The lowest BCUT2D eigenvalue weighted by molar-refractivity contribution is 0.279. The first-order valence-electron chi connectivity index (χ1n) is 7.43. The Morgan fingerprint density at radius 1 is 1.24 bits per heavy atom. The molecule has 4 nitrogen and oxygen atoms in total. The van der Waals surface area contributed by atoms with Crippen molar-refractivity contribution >= 4 is 10.0 Å². The van der Waals surface area contributed by atoms with Gasteiger partial charge in [-0.05, 0) is 42.4 Å². The fourth-order valence-corrected chi connectivity index (χ4v) is 4.50. The highest BCUT2D eigenvalue weighted by Crippen LogP contribution is 2.39. The monoisotopic (exact) mass is 306 g/mol. The maximum atomic E-state index is 12.7. The molecule has 0 bridgehead atoms. The van der Waals surface area contributed by atoms with E-state index in [1.165, 1.54) is 0 Å². The van der Waals surface area contributed by atoms with E-state index >= 15 is 0 Å². The first-order valence-corrected chi connectivity index (χ1v) is 8.87. The molecule has 0 amide bonds. The van der Waals surface area contributed by atoms with Crippen LogP contribution in [0.25, 0.3) is 0 Å². The highest BCUT2D eigenvalue weighted by molar-refractivity contribution is 7.89. The molecule has 0 aromatic heterocycles. The minimum atomic E-state index is -3.41. The minimum Gasteiger partial charge on any atom is -0.207 e. The van der Waals surface area contributed by atoms with Crippen LogP contribution in [-0.4, -0.2) is 25.8 Å². The topological polar surface area (TPSA) is 61.2 Å². The van der Waals surface area contributed by atoms with Crippen LogP contribution in [0.5, 0.6) is 0 Å². The molecule has 1 aliphatic heterocycles. The van der Waals surface area contributed by atoms with Crippen LogP contribution in [0.4, 0.5) is 0 Å². The molecule has 0 atom stereocenters. The van der Waals surface area contributed by atoms with E-state index in [0.29, 0.717) is 24.4 Å². The van der Waals surface area contributed by atoms with Gasteiger partial charge in [-0.25, -0.2) is 8.42 Å². The third-order valence-corrected chi connectivity index (χ3v) is 6.61. The molecule has 0 spiro atoms. The summed E-state index contributed by atoms with van der Waals surface area (Å²) in [5, 5.41) is 8.66. The van der Waals surface area contributed by atoms with Gasteiger partial charge in [-0.1, -0.05) is 26.0 Å². The van der Waals surface area contributed by atoms with Crippen molar-refractivity contribution in [1.29, 1.82) is 5.26 Å². The molecule has 2 rings (SSSR count). The molecule has 0 aliphatic carbocycles. The molecular weight excluding hydrogens is 284 g/mol. The van der Waals surface area contributed by atoms with Crippen LogP contribution in [0.15, 0.2) is 29.2 Å². The first-order chi connectivity index (χ1) is 9.97. The second kappa shape index (κ2) is 6.17. The average Bonchev–Trinajstić information content (AvgIpc) is 2.94. The van der Waals surface area contributed by atoms with Crippen LogP contribution in [0.3, 0.4) is 0 Å². The molecule has 1 fully saturated rings. The Morgan fingerprint density at radius 3 is 2.33 bits per heavy atom. The molecule has 0 N–H and O–H groups in total. The zero-order chi connectivity index (χ0) is 15.5. The highest BCUT2D eigenvalue weighted by atomic mass is 32.2. The van der Waals surface area contributed by atoms with E-state index in [2.05, 4.69) is 19.9 Å². The van der Waals surface area contributed by atoms with Crippen LogP contribution in [-0.2, 0) is 16.4 Å². The SMILES string of the molecule is CCC1(CC)CCN(S(=O)(=O)c2ccc(CC#N)cc2)C1.